The second kappa shape index (κ2) is 5.38. The first-order valence-electron chi connectivity index (χ1n) is 6.15. The molecule has 1 aliphatic heterocycles. The maximum absolute atomic E-state index is 5.90. The summed E-state index contributed by atoms with van der Waals surface area (Å²) < 4.78 is 6.04. The summed E-state index contributed by atoms with van der Waals surface area (Å²) in [6, 6.07) is 3.97. The molecule has 0 radical (unpaired) electrons. The number of thiophene rings is 1. The van der Waals surface area contributed by atoms with E-state index in [1.165, 1.54) is 30.6 Å². The summed E-state index contributed by atoms with van der Waals surface area (Å²) >= 11 is 7.36. The van der Waals surface area contributed by atoms with Crippen LogP contribution < -0.4 is 5.32 Å². The van der Waals surface area contributed by atoms with Crippen LogP contribution in [-0.2, 0) is 0 Å². The molecule has 1 fully saturated rings. The van der Waals surface area contributed by atoms with Gasteiger partial charge in [0.05, 0.1) is 15.3 Å². The number of halogens is 1. The van der Waals surface area contributed by atoms with Crippen molar-refractivity contribution in [3.05, 3.63) is 22.3 Å². The second-order valence-electron chi connectivity index (χ2n) is 4.42. The highest BCUT2D eigenvalue weighted by atomic mass is 35.5. The molecule has 3 heterocycles. The summed E-state index contributed by atoms with van der Waals surface area (Å²) in [4.78, 5) is 5.39. The normalized spacial score (nSPS) is 20.8. The Morgan fingerprint density at radius 1 is 1.33 bits per heavy atom. The highest BCUT2D eigenvalue weighted by Crippen LogP contribution is 2.31. The molecular weight excluding hydrogens is 270 g/mol. The van der Waals surface area contributed by atoms with Crippen LogP contribution in [0.5, 0.6) is 0 Å². The van der Waals surface area contributed by atoms with Crippen molar-refractivity contribution >= 4 is 22.9 Å². The fraction of sp³-hybridized carbons (Fsp3) is 0.500. The second-order valence-corrected chi connectivity index (χ2v) is 6.13. The molecule has 2 aromatic heterocycles. The van der Waals surface area contributed by atoms with Crippen molar-refractivity contribution in [1.82, 2.24) is 15.5 Å². The van der Waals surface area contributed by atoms with Gasteiger partial charge in [0.15, 0.2) is 5.82 Å². The summed E-state index contributed by atoms with van der Waals surface area (Å²) in [5.41, 5.74) is 0. The first kappa shape index (κ1) is 12.1. The van der Waals surface area contributed by atoms with E-state index in [0.29, 0.717) is 5.89 Å². The Bertz CT molecular complexity index is 517. The molecule has 0 amide bonds. The van der Waals surface area contributed by atoms with Gasteiger partial charge in [-0.05, 0) is 31.5 Å². The number of aromatic nitrogens is 2. The third-order valence-corrected chi connectivity index (χ3v) is 4.32. The maximum Gasteiger partial charge on any atom is 0.268 e. The molecule has 18 heavy (non-hydrogen) atoms. The van der Waals surface area contributed by atoms with Gasteiger partial charge in [-0.3, -0.25) is 0 Å². The molecule has 0 spiro atoms. The third-order valence-electron chi connectivity index (χ3n) is 3.10. The minimum Gasteiger partial charge on any atom is -0.333 e. The van der Waals surface area contributed by atoms with Gasteiger partial charge in [0.2, 0.25) is 0 Å². The molecule has 2 aromatic rings. The predicted molar refractivity (Wildman–Crippen MR) is 71.8 cm³/mol. The van der Waals surface area contributed by atoms with Gasteiger partial charge >= 0.3 is 0 Å². The minimum atomic E-state index is 0.223. The SMILES string of the molecule is Clc1ccc(-c2nc(C3CCCCCN3)no2)s1. The average Bonchev–Trinajstić information content (AvgIpc) is 2.92. The van der Waals surface area contributed by atoms with Crippen LogP contribution in [0.3, 0.4) is 0 Å². The van der Waals surface area contributed by atoms with Crippen LogP contribution in [0, 0.1) is 0 Å². The van der Waals surface area contributed by atoms with Crippen LogP contribution >= 0.6 is 22.9 Å². The molecule has 1 unspecified atom stereocenters. The van der Waals surface area contributed by atoms with E-state index in [2.05, 4.69) is 15.5 Å². The van der Waals surface area contributed by atoms with Crippen LogP contribution in [0.4, 0.5) is 0 Å². The average molecular weight is 284 g/mol. The van der Waals surface area contributed by atoms with Crippen molar-refractivity contribution in [3.8, 4) is 10.8 Å². The molecule has 3 rings (SSSR count). The molecule has 0 aromatic carbocycles. The highest BCUT2D eigenvalue weighted by molar-refractivity contribution is 7.19. The van der Waals surface area contributed by atoms with Gasteiger partial charge in [-0.2, -0.15) is 4.98 Å². The summed E-state index contributed by atoms with van der Waals surface area (Å²) in [7, 11) is 0. The van der Waals surface area contributed by atoms with Crippen molar-refractivity contribution in [1.29, 1.82) is 0 Å². The van der Waals surface area contributed by atoms with E-state index in [1.54, 1.807) is 0 Å². The van der Waals surface area contributed by atoms with E-state index in [4.69, 9.17) is 16.1 Å². The molecule has 0 aliphatic carbocycles. The van der Waals surface area contributed by atoms with Gasteiger partial charge in [-0.15, -0.1) is 11.3 Å². The van der Waals surface area contributed by atoms with Crippen LogP contribution in [0.1, 0.15) is 37.5 Å². The third kappa shape index (κ3) is 2.58. The van der Waals surface area contributed by atoms with Crippen LogP contribution in [0.15, 0.2) is 16.7 Å². The van der Waals surface area contributed by atoms with Gasteiger partial charge in [-0.1, -0.05) is 29.6 Å². The number of hydrogen-bond acceptors (Lipinski definition) is 5. The zero-order valence-electron chi connectivity index (χ0n) is 9.86. The fourth-order valence-electron chi connectivity index (χ4n) is 2.15. The Morgan fingerprint density at radius 2 is 2.28 bits per heavy atom. The van der Waals surface area contributed by atoms with Crippen LogP contribution in [-0.4, -0.2) is 16.7 Å². The Balaban J connectivity index is 1.80. The molecule has 1 N–H and O–H groups in total. The standard InChI is InChI=1S/C12H14ClN3OS/c13-10-6-5-9(18-10)12-15-11(16-17-12)8-4-2-1-3-7-14-8/h5-6,8,14H,1-4,7H2. The molecule has 96 valence electrons. The Labute approximate surface area is 114 Å². The minimum absolute atomic E-state index is 0.223. The van der Waals surface area contributed by atoms with Gasteiger partial charge in [0, 0.05) is 0 Å². The van der Waals surface area contributed by atoms with Crippen LogP contribution in [0.2, 0.25) is 4.34 Å². The quantitative estimate of drug-likeness (QED) is 0.914. The molecule has 0 bridgehead atoms. The number of nitrogens with one attached hydrogen (secondary N) is 1. The van der Waals surface area contributed by atoms with Crippen molar-refractivity contribution in [2.75, 3.05) is 6.54 Å². The zero-order valence-corrected chi connectivity index (χ0v) is 11.4. The Morgan fingerprint density at radius 3 is 3.11 bits per heavy atom. The van der Waals surface area contributed by atoms with E-state index in [9.17, 15) is 0 Å². The van der Waals surface area contributed by atoms with Gasteiger partial charge in [0.1, 0.15) is 0 Å². The maximum atomic E-state index is 5.90. The predicted octanol–water partition coefficient (Wildman–Crippen LogP) is 3.66. The first-order valence-corrected chi connectivity index (χ1v) is 7.35. The molecule has 1 saturated heterocycles. The lowest BCUT2D eigenvalue weighted by Gasteiger charge is -2.09. The van der Waals surface area contributed by atoms with Crippen molar-refractivity contribution in [2.45, 2.75) is 31.7 Å². The molecule has 6 heteroatoms. The van der Waals surface area contributed by atoms with Crippen molar-refractivity contribution in [3.63, 3.8) is 0 Å². The fourth-order valence-corrected chi connectivity index (χ4v) is 3.12. The summed E-state index contributed by atoms with van der Waals surface area (Å²) in [5, 5.41) is 7.54. The van der Waals surface area contributed by atoms with E-state index in [1.807, 2.05) is 12.1 Å². The zero-order chi connectivity index (χ0) is 12.4. The van der Waals surface area contributed by atoms with E-state index in [-0.39, 0.29) is 6.04 Å². The van der Waals surface area contributed by atoms with E-state index in [0.717, 1.165) is 28.0 Å². The largest absolute Gasteiger partial charge is 0.333 e. The van der Waals surface area contributed by atoms with Crippen molar-refractivity contribution < 1.29 is 4.52 Å². The summed E-state index contributed by atoms with van der Waals surface area (Å²) in [6.07, 6.45) is 4.78. The summed E-state index contributed by atoms with van der Waals surface area (Å²) in [6.45, 7) is 1.03. The van der Waals surface area contributed by atoms with E-state index >= 15 is 0 Å². The lowest BCUT2D eigenvalue weighted by molar-refractivity contribution is 0.403. The van der Waals surface area contributed by atoms with Gasteiger partial charge in [-0.25, -0.2) is 0 Å². The van der Waals surface area contributed by atoms with Crippen molar-refractivity contribution in [2.24, 2.45) is 0 Å². The first-order chi connectivity index (χ1) is 8.83. The lowest BCUT2D eigenvalue weighted by Crippen LogP contribution is -2.21. The topological polar surface area (TPSA) is 51.0 Å². The molecule has 4 nitrogen and oxygen atoms in total. The van der Waals surface area contributed by atoms with Crippen LogP contribution in [0.25, 0.3) is 10.8 Å². The van der Waals surface area contributed by atoms with Gasteiger partial charge < -0.3 is 9.84 Å². The number of hydrogen-bond donors (Lipinski definition) is 1. The highest BCUT2D eigenvalue weighted by Gasteiger charge is 2.20. The van der Waals surface area contributed by atoms with E-state index < -0.39 is 0 Å². The van der Waals surface area contributed by atoms with Gasteiger partial charge in [0.25, 0.3) is 5.89 Å². The Hall–Kier alpha value is -0.910. The Kier molecular flexibility index (Phi) is 3.63. The summed E-state index contributed by atoms with van der Waals surface area (Å²) in [5.74, 6) is 1.32. The monoisotopic (exact) mass is 283 g/mol. The molecule has 0 saturated carbocycles. The molecular formula is C12H14ClN3OS. The number of nitrogens with zero attached hydrogens (tertiary/aromatic N) is 2. The molecule has 1 atom stereocenters. The number of rotatable bonds is 2. The lowest BCUT2D eigenvalue weighted by atomic mass is 10.1. The smallest absolute Gasteiger partial charge is 0.268 e. The molecule has 1 aliphatic rings.